The normalized spacial score (nSPS) is 24.5. The van der Waals surface area contributed by atoms with Crippen molar-refractivity contribution in [2.45, 2.75) is 25.3 Å². The van der Waals surface area contributed by atoms with Crippen molar-refractivity contribution in [1.82, 2.24) is 0 Å². The van der Waals surface area contributed by atoms with Crippen molar-refractivity contribution < 1.29 is 27.4 Å². The van der Waals surface area contributed by atoms with Crippen LogP contribution in [0.5, 0.6) is 0 Å². The Hall–Kier alpha value is -0.693. The molecule has 7 heteroatoms. The Balaban J connectivity index is 2.91. The Morgan fingerprint density at radius 2 is 2.15 bits per heavy atom. The van der Waals surface area contributed by atoms with Crippen LogP contribution in [0.25, 0.3) is 0 Å². The Labute approximate surface area is 75.7 Å². The first-order valence-corrected chi connectivity index (χ1v) is 4.46. The Morgan fingerprint density at radius 3 is 2.62 bits per heavy atom. The van der Waals surface area contributed by atoms with Gasteiger partial charge in [0.1, 0.15) is 5.76 Å². The number of rotatable bonds is 1. The van der Waals surface area contributed by atoms with E-state index in [-0.39, 0.29) is 29.1 Å². The smallest absolute Gasteiger partial charge is 0.452 e. The number of aliphatic hydroxyl groups is 1. The van der Waals surface area contributed by atoms with Crippen LogP contribution in [0, 0.1) is 0 Å². The van der Waals surface area contributed by atoms with Crippen molar-refractivity contribution in [3.8, 4) is 0 Å². The molecule has 0 radical (unpaired) electrons. The molecule has 0 saturated carbocycles. The zero-order valence-corrected chi connectivity index (χ0v) is 8.89. The minimum absolute atomic E-state index is 0.0690. The molecule has 0 aliphatic carbocycles. The third-order valence-electron chi connectivity index (χ3n) is 1.63. The van der Waals surface area contributed by atoms with Crippen molar-refractivity contribution in [2.75, 3.05) is 0 Å². The summed E-state index contributed by atoms with van der Waals surface area (Å²) in [6, 6.07) is 0. The van der Waals surface area contributed by atoms with Crippen LogP contribution in [0.4, 0.5) is 13.2 Å². The van der Waals surface area contributed by atoms with Crippen molar-refractivity contribution in [3.63, 3.8) is 0 Å². The third kappa shape index (κ3) is 2.38. The average Bonchev–Trinajstić information content (AvgIpc) is 2.03. The highest BCUT2D eigenvalue weighted by molar-refractivity contribution is 5.98. The van der Waals surface area contributed by atoms with Crippen LogP contribution in [0.15, 0.2) is 11.5 Å². The second kappa shape index (κ2) is 3.58. The molecule has 1 atom stereocenters. The molecule has 0 aromatic heterocycles. The van der Waals surface area contributed by atoms with E-state index in [0.29, 0.717) is 0 Å². The maximum atomic E-state index is 12.2. The van der Waals surface area contributed by atoms with Gasteiger partial charge in [0.15, 0.2) is 6.29 Å². The lowest BCUT2D eigenvalue weighted by atomic mass is 10.2. The van der Waals surface area contributed by atoms with Gasteiger partial charge in [0.2, 0.25) is 16.2 Å². The SMILES string of the molecule is OC1CCC(O[SiH3])=C(C(F)(F)F)O1. The quantitative estimate of drug-likeness (QED) is 0.633. The highest BCUT2D eigenvalue weighted by atomic mass is 28.2. The molecule has 0 spiro atoms. The molecule has 1 aliphatic rings. The van der Waals surface area contributed by atoms with E-state index in [4.69, 9.17) is 5.11 Å². The van der Waals surface area contributed by atoms with Gasteiger partial charge < -0.3 is 14.3 Å². The second-order valence-corrected chi connectivity index (χ2v) is 2.97. The number of aliphatic hydroxyl groups excluding tert-OH is 1. The monoisotopic (exact) mass is 214 g/mol. The van der Waals surface area contributed by atoms with Gasteiger partial charge in [-0.2, -0.15) is 13.2 Å². The van der Waals surface area contributed by atoms with Crippen molar-refractivity contribution in [2.24, 2.45) is 0 Å². The van der Waals surface area contributed by atoms with Gasteiger partial charge in [0.25, 0.3) is 0 Å². The molecule has 1 heterocycles. The van der Waals surface area contributed by atoms with Gasteiger partial charge in [-0.25, -0.2) is 0 Å². The minimum atomic E-state index is -4.58. The number of ether oxygens (including phenoxy) is 1. The molecule has 1 unspecified atom stereocenters. The Kier molecular flexibility index (Phi) is 2.86. The largest absolute Gasteiger partial charge is 0.554 e. The van der Waals surface area contributed by atoms with Crippen LogP contribution < -0.4 is 0 Å². The average molecular weight is 214 g/mol. The number of alkyl halides is 3. The molecule has 0 bridgehead atoms. The number of hydrogen-bond acceptors (Lipinski definition) is 3. The number of halogens is 3. The lowest BCUT2D eigenvalue weighted by molar-refractivity contribution is -0.183. The summed E-state index contributed by atoms with van der Waals surface area (Å²) in [7, 11) is 0.176. The summed E-state index contributed by atoms with van der Waals surface area (Å²) in [5.41, 5.74) is 0. The van der Waals surface area contributed by atoms with E-state index in [1.54, 1.807) is 0 Å². The molecule has 3 nitrogen and oxygen atoms in total. The minimum Gasteiger partial charge on any atom is -0.554 e. The highest BCUT2D eigenvalue weighted by Crippen LogP contribution is 2.35. The van der Waals surface area contributed by atoms with E-state index >= 15 is 0 Å². The molecule has 76 valence electrons. The maximum absolute atomic E-state index is 12.2. The van der Waals surface area contributed by atoms with E-state index in [1.165, 1.54) is 0 Å². The Morgan fingerprint density at radius 1 is 1.54 bits per heavy atom. The van der Waals surface area contributed by atoms with Gasteiger partial charge in [0.05, 0.1) is 0 Å². The summed E-state index contributed by atoms with van der Waals surface area (Å²) in [5, 5.41) is 8.86. The van der Waals surface area contributed by atoms with E-state index in [2.05, 4.69) is 9.16 Å². The maximum Gasteiger partial charge on any atom is 0.452 e. The van der Waals surface area contributed by atoms with Gasteiger partial charge in [0, 0.05) is 12.8 Å². The first kappa shape index (κ1) is 10.4. The van der Waals surface area contributed by atoms with Crippen LogP contribution in [0.3, 0.4) is 0 Å². The highest BCUT2D eigenvalue weighted by Gasteiger charge is 2.42. The van der Waals surface area contributed by atoms with Crippen molar-refractivity contribution in [3.05, 3.63) is 11.5 Å². The van der Waals surface area contributed by atoms with Gasteiger partial charge in [-0.3, -0.25) is 0 Å². The fourth-order valence-electron chi connectivity index (χ4n) is 1.05. The van der Waals surface area contributed by atoms with E-state index < -0.39 is 18.2 Å². The zero-order valence-electron chi connectivity index (χ0n) is 6.89. The molecule has 0 fully saturated rings. The predicted molar refractivity (Wildman–Crippen MR) is 40.4 cm³/mol. The third-order valence-corrected chi connectivity index (χ3v) is 2.12. The van der Waals surface area contributed by atoms with E-state index in [0.717, 1.165) is 0 Å². The molecule has 0 aromatic carbocycles. The summed E-state index contributed by atoms with van der Waals surface area (Å²) in [5.74, 6) is -1.40. The molecule has 0 amide bonds. The van der Waals surface area contributed by atoms with Crippen molar-refractivity contribution in [1.29, 1.82) is 0 Å². The molecular weight excluding hydrogens is 205 g/mol. The zero-order chi connectivity index (χ0) is 10.1. The first-order chi connectivity index (χ1) is 5.95. The van der Waals surface area contributed by atoms with Crippen LogP contribution in [-0.2, 0) is 9.16 Å². The molecule has 1 aliphatic heterocycles. The summed E-state index contributed by atoms with van der Waals surface area (Å²) < 4.78 is 45.5. The van der Waals surface area contributed by atoms with Crippen LogP contribution in [-0.4, -0.2) is 28.1 Å². The topological polar surface area (TPSA) is 38.7 Å². The first-order valence-electron chi connectivity index (χ1n) is 3.64. The lowest BCUT2D eigenvalue weighted by Crippen LogP contribution is -2.27. The predicted octanol–water partition coefficient (Wildman–Crippen LogP) is 0.186. The number of allylic oxidation sites excluding steroid dienone is 2. The summed E-state index contributed by atoms with van der Waals surface area (Å²) >= 11 is 0. The molecule has 0 aromatic rings. The summed E-state index contributed by atoms with van der Waals surface area (Å²) in [6.45, 7) is 0. The molecule has 1 N–H and O–H groups in total. The standard InChI is InChI=1S/C6H9F3O3Si/c7-6(8,9)5-3(12-13)1-2-4(10)11-5/h4,10H,1-2H2,13H3. The molecular formula is C6H9F3O3Si. The van der Waals surface area contributed by atoms with Gasteiger partial charge >= 0.3 is 6.18 Å². The summed E-state index contributed by atoms with van der Waals surface area (Å²) in [6.07, 6.45) is -5.75. The number of hydrogen-bond donors (Lipinski definition) is 1. The van der Waals surface area contributed by atoms with Crippen LogP contribution in [0.1, 0.15) is 12.8 Å². The second-order valence-electron chi connectivity index (χ2n) is 2.57. The summed E-state index contributed by atoms with van der Waals surface area (Å²) in [4.78, 5) is 0. The van der Waals surface area contributed by atoms with Gasteiger partial charge in [-0.05, 0) is 0 Å². The molecule has 0 saturated heterocycles. The van der Waals surface area contributed by atoms with E-state index in [1.807, 2.05) is 0 Å². The van der Waals surface area contributed by atoms with Gasteiger partial charge in [-0.15, -0.1) is 0 Å². The fourth-order valence-corrected chi connectivity index (χ4v) is 1.44. The van der Waals surface area contributed by atoms with Crippen LogP contribution >= 0.6 is 0 Å². The molecule has 13 heavy (non-hydrogen) atoms. The van der Waals surface area contributed by atoms with Crippen LogP contribution in [0.2, 0.25) is 0 Å². The Bertz CT molecular complexity index is 226. The van der Waals surface area contributed by atoms with Gasteiger partial charge in [-0.1, -0.05) is 0 Å². The van der Waals surface area contributed by atoms with Crippen molar-refractivity contribution >= 4 is 10.5 Å². The van der Waals surface area contributed by atoms with E-state index in [9.17, 15) is 13.2 Å². The lowest BCUT2D eigenvalue weighted by Gasteiger charge is -2.25. The molecule has 1 rings (SSSR count). The fraction of sp³-hybridized carbons (Fsp3) is 0.667.